The Morgan fingerprint density at radius 2 is 2.15 bits per heavy atom. The Morgan fingerprint density at radius 3 is 2.70 bits per heavy atom. The second-order valence-electron chi connectivity index (χ2n) is 4.20. The highest BCUT2D eigenvalue weighted by atomic mass is 16.6. The maximum absolute atomic E-state index is 12.1. The normalized spacial score (nSPS) is 10.9. The first-order valence-corrected chi connectivity index (χ1v) is 6.73. The van der Waals surface area contributed by atoms with E-state index in [1.165, 1.54) is 0 Å². The lowest BCUT2D eigenvalue weighted by atomic mass is 10.0. The lowest BCUT2D eigenvalue weighted by Crippen LogP contribution is -2.35. The largest absolute Gasteiger partial charge is 0.450 e. The fourth-order valence-corrected chi connectivity index (χ4v) is 1.95. The number of hydrogen-bond acceptors (Lipinski definition) is 2. The van der Waals surface area contributed by atoms with Crippen molar-refractivity contribution >= 4 is 6.09 Å². The minimum Gasteiger partial charge on any atom is -0.450 e. The van der Waals surface area contributed by atoms with Gasteiger partial charge in [-0.3, -0.25) is 4.90 Å². The Balaban J connectivity index is 3.05. The molecule has 1 aromatic rings. The van der Waals surface area contributed by atoms with E-state index in [0.717, 1.165) is 5.56 Å². The molecule has 0 heterocycles. The van der Waals surface area contributed by atoms with Crippen molar-refractivity contribution in [3.8, 4) is 11.8 Å². The average Bonchev–Trinajstić information content (AvgIpc) is 2.47. The van der Waals surface area contributed by atoms with E-state index < -0.39 is 0 Å². The molecule has 0 saturated heterocycles. The van der Waals surface area contributed by atoms with E-state index in [-0.39, 0.29) is 12.1 Å². The molecule has 0 aliphatic carbocycles. The summed E-state index contributed by atoms with van der Waals surface area (Å²) in [5, 5.41) is 0. The third-order valence-corrected chi connectivity index (χ3v) is 2.88. The molecule has 3 nitrogen and oxygen atoms in total. The first-order chi connectivity index (χ1) is 9.74. The third kappa shape index (κ3) is 4.47. The smallest absolute Gasteiger partial charge is 0.411 e. The van der Waals surface area contributed by atoms with Crippen LogP contribution in [0.15, 0.2) is 43.0 Å². The van der Waals surface area contributed by atoms with Gasteiger partial charge in [-0.15, -0.1) is 12.5 Å². The summed E-state index contributed by atoms with van der Waals surface area (Å²) in [5.74, 6) is 5.76. The monoisotopic (exact) mass is 271 g/mol. The van der Waals surface area contributed by atoms with Crippen LogP contribution in [0.4, 0.5) is 4.79 Å². The Kier molecular flexibility index (Phi) is 6.99. The van der Waals surface area contributed by atoms with E-state index in [0.29, 0.717) is 19.6 Å². The van der Waals surface area contributed by atoms with Crippen LogP contribution in [0.3, 0.4) is 0 Å². The number of rotatable bonds is 6. The lowest BCUT2D eigenvalue weighted by Gasteiger charge is -2.29. The van der Waals surface area contributed by atoms with Gasteiger partial charge < -0.3 is 4.74 Å². The van der Waals surface area contributed by atoms with Crippen LogP contribution in [-0.2, 0) is 4.74 Å². The minimum absolute atomic E-state index is 0.103. The summed E-state index contributed by atoms with van der Waals surface area (Å²) >= 11 is 0. The lowest BCUT2D eigenvalue weighted by molar-refractivity contribution is 0.0962. The number of carbonyl (C=O) groups excluding carboxylic acids is 1. The topological polar surface area (TPSA) is 29.5 Å². The molecule has 1 amide bonds. The molecule has 3 heteroatoms. The second kappa shape index (κ2) is 8.82. The van der Waals surface area contributed by atoms with Crippen molar-refractivity contribution < 1.29 is 9.53 Å². The predicted molar refractivity (Wildman–Crippen MR) is 81.2 cm³/mol. The van der Waals surface area contributed by atoms with Crippen LogP contribution in [0.2, 0.25) is 0 Å². The van der Waals surface area contributed by atoms with E-state index >= 15 is 0 Å². The molecule has 1 atom stereocenters. The zero-order valence-corrected chi connectivity index (χ0v) is 12.1. The molecule has 0 aliphatic heterocycles. The van der Waals surface area contributed by atoms with Gasteiger partial charge in [-0.2, -0.15) is 0 Å². The van der Waals surface area contributed by atoms with Crippen LogP contribution in [0.1, 0.15) is 31.9 Å². The quantitative estimate of drug-likeness (QED) is 0.582. The molecule has 0 fully saturated rings. The van der Waals surface area contributed by atoms with Gasteiger partial charge in [0.05, 0.1) is 19.2 Å². The summed E-state index contributed by atoms with van der Waals surface area (Å²) in [5.41, 5.74) is 1.05. The third-order valence-electron chi connectivity index (χ3n) is 2.88. The standard InChI is InChI=1S/C17H21NO2/c1-4-7-14-18(17(19)20-6-3)16(11-5-2)15-12-9-8-10-13-15/h5,8-10,12-13,16H,2,6,11,14H2,1,3H3. The first-order valence-electron chi connectivity index (χ1n) is 6.73. The number of amides is 1. The highest BCUT2D eigenvalue weighted by Gasteiger charge is 2.24. The molecule has 0 bridgehead atoms. The van der Waals surface area contributed by atoms with Crippen molar-refractivity contribution in [3.63, 3.8) is 0 Å². The fourth-order valence-electron chi connectivity index (χ4n) is 1.95. The van der Waals surface area contributed by atoms with Gasteiger partial charge in [-0.05, 0) is 25.8 Å². The molecule has 0 spiro atoms. The van der Waals surface area contributed by atoms with E-state index in [1.807, 2.05) is 36.4 Å². The molecular weight excluding hydrogens is 250 g/mol. The zero-order valence-electron chi connectivity index (χ0n) is 12.1. The molecular formula is C17H21NO2. The molecule has 0 aromatic heterocycles. The van der Waals surface area contributed by atoms with Crippen LogP contribution >= 0.6 is 0 Å². The van der Waals surface area contributed by atoms with Gasteiger partial charge in [-0.25, -0.2) is 4.79 Å². The summed E-state index contributed by atoms with van der Waals surface area (Å²) in [6.07, 6.45) is 2.13. The number of benzene rings is 1. The summed E-state index contributed by atoms with van der Waals surface area (Å²) in [6.45, 7) is 8.04. The van der Waals surface area contributed by atoms with Gasteiger partial charge in [0.15, 0.2) is 0 Å². The van der Waals surface area contributed by atoms with Crippen LogP contribution in [0.5, 0.6) is 0 Å². The van der Waals surface area contributed by atoms with Gasteiger partial charge in [0.2, 0.25) is 0 Å². The summed E-state index contributed by atoms with van der Waals surface area (Å²) in [7, 11) is 0. The summed E-state index contributed by atoms with van der Waals surface area (Å²) < 4.78 is 5.13. The highest BCUT2D eigenvalue weighted by molar-refractivity contribution is 5.68. The predicted octanol–water partition coefficient (Wildman–Crippen LogP) is 3.79. The van der Waals surface area contributed by atoms with Crippen molar-refractivity contribution in [1.82, 2.24) is 4.90 Å². The zero-order chi connectivity index (χ0) is 14.8. The van der Waals surface area contributed by atoms with Gasteiger partial charge in [0.25, 0.3) is 0 Å². The molecule has 1 aromatic carbocycles. The second-order valence-corrected chi connectivity index (χ2v) is 4.20. The number of hydrogen-bond donors (Lipinski definition) is 0. The van der Waals surface area contributed by atoms with Gasteiger partial charge in [-0.1, -0.05) is 42.3 Å². The van der Waals surface area contributed by atoms with Crippen LogP contribution in [0, 0.1) is 11.8 Å². The van der Waals surface area contributed by atoms with E-state index in [4.69, 9.17) is 4.74 Å². The molecule has 0 aliphatic rings. The first kappa shape index (κ1) is 15.8. The number of ether oxygens (including phenoxy) is 1. The Labute approximate surface area is 121 Å². The van der Waals surface area contributed by atoms with E-state index in [9.17, 15) is 4.79 Å². The van der Waals surface area contributed by atoms with Crippen molar-refractivity contribution in [1.29, 1.82) is 0 Å². The van der Waals surface area contributed by atoms with Crippen LogP contribution in [-0.4, -0.2) is 24.1 Å². The highest BCUT2D eigenvalue weighted by Crippen LogP contribution is 2.25. The van der Waals surface area contributed by atoms with Gasteiger partial charge >= 0.3 is 6.09 Å². The molecule has 0 saturated carbocycles. The molecule has 0 N–H and O–H groups in total. The molecule has 20 heavy (non-hydrogen) atoms. The number of carbonyl (C=O) groups is 1. The maximum atomic E-state index is 12.1. The summed E-state index contributed by atoms with van der Waals surface area (Å²) in [6, 6.07) is 9.77. The van der Waals surface area contributed by atoms with Gasteiger partial charge in [0.1, 0.15) is 0 Å². The minimum atomic E-state index is -0.342. The van der Waals surface area contributed by atoms with Crippen molar-refractivity contribution in [3.05, 3.63) is 48.6 Å². The maximum Gasteiger partial charge on any atom is 0.411 e. The molecule has 106 valence electrons. The summed E-state index contributed by atoms with van der Waals surface area (Å²) in [4.78, 5) is 13.8. The fraction of sp³-hybridized carbons (Fsp3) is 0.353. The van der Waals surface area contributed by atoms with Crippen molar-refractivity contribution in [2.45, 2.75) is 26.3 Å². The Bertz CT molecular complexity index is 485. The van der Waals surface area contributed by atoms with Gasteiger partial charge in [0, 0.05) is 0 Å². The average molecular weight is 271 g/mol. The molecule has 1 rings (SSSR count). The number of nitrogens with zero attached hydrogens (tertiary/aromatic N) is 1. The van der Waals surface area contributed by atoms with Crippen LogP contribution < -0.4 is 0 Å². The Morgan fingerprint density at radius 1 is 1.45 bits per heavy atom. The van der Waals surface area contributed by atoms with Crippen molar-refractivity contribution in [2.24, 2.45) is 0 Å². The van der Waals surface area contributed by atoms with E-state index in [1.54, 1.807) is 18.7 Å². The van der Waals surface area contributed by atoms with Crippen LogP contribution in [0.25, 0.3) is 0 Å². The Hall–Kier alpha value is -2.21. The SMILES string of the molecule is C=CCC(c1ccccc1)N(CC#CC)C(=O)OCC. The van der Waals surface area contributed by atoms with E-state index in [2.05, 4.69) is 18.4 Å². The molecule has 0 radical (unpaired) electrons. The molecule has 1 unspecified atom stereocenters. The van der Waals surface area contributed by atoms with Crippen molar-refractivity contribution in [2.75, 3.05) is 13.2 Å².